The molecule has 0 radical (unpaired) electrons. The zero-order valence-corrected chi connectivity index (χ0v) is 6.83. The predicted octanol–water partition coefficient (Wildman–Crippen LogP) is -0.889. The monoisotopic (exact) mass is 186 g/mol. The second kappa shape index (κ2) is 3.97. The van der Waals surface area contributed by atoms with E-state index in [2.05, 4.69) is 5.10 Å². The van der Waals surface area contributed by atoms with E-state index in [0.717, 1.165) is 0 Å². The van der Waals surface area contributed by atoms with Gasteiger partial charge in [-0.15, -0.1) is 0 Å². The molecule has 3 N–H and O–H groups in total. The minimum Gasteiger partial charge on any atom is -0.390 e. The van der Waals surface area contributed by atoms with Crippen molar-refractivity contribution in [2.45, 2.75) is 12.6 Å². The van der Waals surface area contributed by atoms with Crippen LogP contribution in [-0.2, 0) is 6.54 Å². The first-order valence-electron chi connectivity index (χ1n) is 3.69. The normalized spacial score (nSPS) is 12.8. The molecular weight excluding hydrogens is 176 g/mol. The van der Waals surface area contributed by atoms with Gasteiger partial charge in [0.2, 0.25) is 0 Å². The van der Waals surface area contributed by atoms with Gasteiger partial charge in [0.1, 0.15) is 0 Å². The molecular formula is C6H10N4O3. The van der Waals surface area contributed by atoms with Crippen LogP contribution in [0.2, 0.25) is 0 Å². The highest BCUT2D eigenvalue weighted by Crippen LogP contribution is 2.05. The number of aliphatic hydroxyl groups is 1. The van der Waals surface area contributed by atoms with E-state index in [1.165, 1.54) is 16.9 Å². The minimum atomic E-state index is -0.723. The number of hydrogen-bond donors (Lipinski definition) is 2. The summed E-state index contributed by atoms with van der Waals surface area (Å²) < 4.78 is 1.29. The van der Waals surface area contributed by atoms with Gasteiger partial charge >= 0.3 is 5.82 Å². The molecule has 0 unspecified atom stereocenters. The van der Waals surface area contributed by atoms with E-state index in [-0.39, 0.29) is 18.9 Å². The summed E-state index contributed by atoms with van der Waals surface area (Å²) in [7, 11) is 0. The van der Waals surface area contributed by atoms with Gasteiger partial charge in [0.25, 0.3) is 0 Å². The lowest BCUT2D eigenvalue weighted by Gasteiger charge is -2.03. The Kier molecular flexibility index (Phi) is 2.93. The number of hydrogen-bond acceptors (Lipinski definition) is 5. The molecule has 0 fully saturated rings. The van der Waals surface area contributed by atoms with Gasteiger partial charge in [-0.2, -0.15) is 4.68 Å². The number of nitrogens with two attached hydrogens (primary N) is 1. The van der Waals surface area contributed by atoms with Gasteiger partial charge in [-0.05, 0) is 4.92 Å². The zero-order chi connectivity index (χ0) is 9.84. The molecule has 1 atom stereocenters. The lowest BCUT2D eigenvalue weighted by atomic mass is 10.4. The molecule has 0 aliphatic rings. The largest absolute Gasteiger partial charge is 0.390 e. The van der Waals surface area contributed by atoms with E-state index in [1.807, 2.05) is 0 Å². The summed E-state index contributed by atoms with van der Waals surface area (Å²) in [4.78, 5) is 9.62. The molecule has 0 spiro atoms. The Bertz CT molecular complexity index is 298. The molecule has 1 heterocycles. The van der Waals surface area contributed by atoms with E-state index in [4.69, 9.17) is 10.8 Å². The van der Waals surface area contributed by atoms with Crippen LogP contribution in [0.25, 0.3) is 0 Å². The fourth-order valence-corrected chi connectivity index (χ4v) is 0.840. The lowest BCUT2D eigenvalue weighted by Crippen LogP contribution is -2.25. The van der Waals surface area contributed by atoms with Gasteiger partial charge in [0, 0.05) is 6.54 Å². The molecule has 0 amide bonds. The van der Waals surface area contributed by atoms with E-state index in [1.54, 1.807) is 0 Å². The number of rotatable bonds is 4. The fourth-order valence-electron chi connectivity index (χ4n) is 0.840. The van der Waals surface area contributed by atoms with Crippen molar-refractivity contribution < 1.29 is 10.0 Å². The molecule has 1 aromatic rings. The van der Waals surface area contributed by atoms with Crippen LogP contribution >= 0.6 is 0 Å². The quantitative estimate of drug-likeness (QED) is 0.468. The SMILES string of the molecule is NC[C@H](O)Cn1ccc([N+](=O)[O-])n1. The summed E-state index contributed by atoms with van der Waals surface area (Å²) in [6.45, 7) is 0.276. The average molecular weight is 186 g/mol. The van der Waals surface area contributed by atoms with Gasteiger partial charge in [0.15, 0.2) is 0 Å². The Morgan fingerprint density at radius 2 is 2.54 bits per heavy atom. The van der Waals surface area contributed by atoms with Crippen molar-refractivity contribution in [1.29, 1.82) is 0 Å². The maximum atomic E-state index is 10.2. The smallest absolute Gasteiger partial charge is 0.389 e. The Hall–Kier alpha value is -1.47. The Morgan fingerprint density at radius 1 is 1.85 bits per heavy atom. The van der Waals surface area contributed by atoms with Gasteiger partial charge in [0.05, 0.1) is 30.0 Å². The summed E-state index contributed by atoms with van der Waals surface area (Å²) in [6.07, 6.45) is 0.705. The van der Waals surface area contributed by atoms with Crippen LogP contribution in [0.5, 0.6) is 0 Å². The van der Waals surface area contributed by atoms with Crippen LogP contribution in [0.15, 0.2) is 12.3 Å². The molecule has 0 aliphatic heterocycles. The molecule has 0 saturated carbocycles. The number of aliphatic hydroxyl groups excluding tert-OH is 1. The molecule has 13 heavy (non-hydrogen) atoms. The number of nitro groups is 1. The molecule has 7 heteroatoms. The topological polar surface area (TPSA) is 107 Å². The van der Waals surface area contributed by atoms with Crippen molar-refractivity contribution in [2.24, 2.45) is 5.73 Å². The summed E-state index contributed by atoms with van der Waals surface area (Å²) in [5.74, 6) is -0.232. The highest BCUT2D eigenvalue weighted by atomic mass is 16.6. The molecule has 0 bridgehead atoms. The van der Waals surface area contributed by atoms with E-state index in [0.29, 0.717) is 0 Å². The third-order valence-corrected chi connectivity index (χ3v) is 1.48. The summed E-state index contributed by atoms with van der Waals surface area (Å²) in [5.41, 5.74) is 5.16. The summed E-state index contributed by atoms with van der Waals surface area (Å²) >= 11 is 0. The van der Waals surface area contributed by atoms with Crippen molar-refractivity contribution in [3.8, 4) is 0 Å². The highest BCUT2D eigenvalue weighted by molar-refractivity contribution is 5.13. The van der Waals surface area contributed by atoms with Gasteiger partial charge < -0.3 is 21.0 Å². The number of aromatic nitrogens is 2. The minimum absolute atomic E-state index is 0.105. The van der Waals surface area contributed by atoms with Crippen molar-refractivity contribution in [2.75, 3.05) is 6.54 Å². The zero-order valence-electron chi connectivity index (χ0n) is 6.83. The molecule has 0 aromatic carbocycles. The van der Waals surface area contributed by atoms with Crippen LogP contribution in [0, 0.1) is 10.1 Å². The standard InChI is InChI=1S/C6H10N4O3/c7-3-5(11)4-9-2-1-6(8-9)10(12)13/h1-2,5,11H,3-4,7H2/t5-/m0/s1. The van der Waals surface area contributed by atoms with Crippen LogP contribution in [-0.4, -0.2) is 32.5 Å². The Balaban J connectivity index is 2.64. The van der Waals surface area contributed by atoms with E-state index < -0.39 is 11.0 Å². The van der Waals surface area contributed by atoms with Gasteiger partial charge in [-0.25, -0.2) is 0 Å². The Labute approximate surface area is 73.9 Å². The number of nitrogens with zero attached hydrogens (tertiary/aromatic N) is 3. The third kappa shape index (κ3) is 2.49. The molecule has 0 saturated heterocycles. The van der Waals surface area contributed by atoms with Crippen LogP contribution in [0.1, 0.15) is 0 Å². The van der Waals surface area contributed by atoms with Crippen molar-refractivity contribution >= 4 is 5.82 Å². The third-order valence-electron chi connectivity index (χ3n) is 1.48. The average Bonchev–Trinajstić information content (AvgIpc) is 2.52. The highest BCUT2D eigenvalue weighted by Gasteiger charge is 2.12. The first-order chi connectivity index (χ1) is 6.13. The molecule has 0 aliphatic carbocycles. The maximum Gasteiger partial charge on any atom is 0.389 e. The second-order valence-corrected chi connectivity index (χ2v) is 2.54. The second-order valence-electron chi connectivity index (χ2n) is 2.54. The molecule has 72 valence electrons. The summed E-state index contributed by atoms with van der Waals surface area (Å²) in [6, 6.07) is 1.27. The van der Waals surface area contributed by atoms with Crippen LogP contribution in [0.3, 0.4) is 0 Å². The predicted molar refractivity (Wildman–Crippen MR) is 43.9 cm³/mol. The first kappa shape index (κ1) is 9.62. The summed E-state index contributed by atoms with van der Waals surface area (Å²) in [5, 5.41) is 22.9. The van der Waals surface area contributed by atoms with Gasteiger partial charge in [-0.3, -0.25) is 0 Å². The van der Waals surface area contributed by atoms with Crippen LogP contribution in [0.4, 0.5) is 5.82 Å². The van der Waals surface area contributed by atoms with E-state index in [9.17, 15) is 10.1 Å². The molecule has 1 aromatic heterocycles. The van der Waals surface area contributed by atoms with Crippen molar-refractivity contribution in [3.63, 3.8) is 0 Å². The Morgan fingerprint density at radius 3 is 3.00 bits per heavy atom. The molecule has 7 nitrogen and oxygen atoms in total. The molecule has 1 rings (SSSR count). The van der Waals surface area contributed by atoms with Gasteiger partial charge in [-0.1, -0.05) is 0 Å². The van der Waals surface area contributed by atoms with Crippen molar-refractivity contribution in [3.05, 3.63) is 22.4 Å². The fraction of sp³-hybridized carbons (Fsp3) is 0.500. The van der Waals surface area contributed by atoms with Crippen LogP contribution < -0.4 is 5.73 Å². The first-order valence-corrected chi connectivity index (χ1v) is 3.69. The van der Waals surface area contributed by atoms with Crippen molar-refractivity contribution in [1.82, 2.24) is 9.78 Å². The van der Waals surface area contributed by atoms with E-state index >= 15 is 0 Å². The lowest BCUT2D eigenvalue weighted by molar-refractivity contribution is -0.389. The maximum absolute atomic E-state index is 10.2.